The van der Waals surface area contributed by atoms with Gasteiger partial charge in [-0.25, -0.2) is 15.0 Å². The highest BCUT2D eigenvalue weighted by Gasteiger charge is 2.14. The Morgan fingerprint density at radius 3 is 2.65 bits per heavy atom. The molecule has 0 bridgehead atoms. The molecule has 120 valence electrons. The first-order valence-electron chi connectivity index (χ1n) is 6.93. The van der Waals surface area contributed by atoms with Crippen molar-refractivity contribution in [1.82, 2.24) is 19.9 Å². The van der Waals surface area contributed by atoms with Gasteiger partial charge in [0.2, 0.25) is 0 Å². The number of aromatic nitrogens is 4. The molecule has 2 N–H and O–H groups in total. The molecule has 0 radical (unpaired) electrons. The van der Waals surface area contributed by atoms with Crippen LogP contribution in [0.2, 0.25) is 0 Å². The van der Waals surface area contributed by atoms with Crippen molar-refractivity contribution < 1.29 is 14.2 Å². The Hall–Kier alpha value is -3.03. The first-order valence-corrected chi connectivity index (χ1v) is 6.93. The van der Waals surface area contributed by atoms with E-state index in [-0.39, 0.29) is 0 Å². The third-order valence-electron chi connectivity index (χ3n) is 3.43. The van der Waals surface area contributed by atoms with E-state index in [9.17, 15) is 0 Å². The lowest BCUT2D eigenvalue weighted by molar-refractivity contribution is 0.346. The Kier molecular flexibility index (Phi) is 4.13. The Labute approximate surface area is 132 Å². The van der Waals surface area contributed by atoms with E-state index < -0.39 is 0 Å². The maximum Gasteiger partial charge on any atom is 0.182 e. The van der Waals surface area contributed by atoms with E-state index in [0.29, 0.717) is 35.3 Å². The number of ether oxygens (including phenoxy) is 3. The lowest BCUT2D eigenvalue weighted by Crippen LogP contribution is -2.05. The van der Waals surface area contributed by atoms with Crippen molar-refractivity contribution in [1.29, 1.82) is 0 Å². The van der Waals surface area contributed by atoms with Crippen molar-refractivity contribution in [3.63, 3.8) is 0 Å². The summed E-state index contributed by atoms with van der Waals surface area (Å²) in [5, 5.41) is 3.25. The number of H-pyrrole nitrogens is 1. The molecular formula is C15H17N5O3. The fraction of sp³-hybridized carbons (Fsp3) is 0.267. The molecule has 0 atom stereocenters. The molecule has 0 aliphatic carbocycles. The number of rotatable bonds is 6. The number of fused-ring (bicyclic) bond motifs is 1. The third-order valence-corrected chi connectivity index (χ3v) is 3.43. The second kappa shape index (κ2) is 6.39. The van der Waals surface area contributed by atoms with Gasteiger partial charge in [-0.05, 0) is 6.07 Å². The van der Waals surface area contributed by atoms with Gasteiger partial charge < -0.3 is 24.5 Å². The van der Waals surface area contributed by atoms with Crippen molar-refractivity contribution in [2.24, 2.45) is 0 Å². The normalized spacial score (nSPS) is 10.6. The summed E-state index contributed by atoms with van der Waals surface area (Å²) in [6.07, 6.45) is 3.05. The van der Waals surface area contributed by atoms with E-state index in [1.807, 2.05) is 6.07 Å². The molecule has 0 saturated heterocycles. The smallest absolute Gasteiger partial charge is 0.182 e. The maximum absolute atomic E-state index is 5.45. The quantitative estimate of drug-likeness (QED) is 0.718. The highest BCUT2D eigenvalue weighted by atomic mass is 16.5. The molecule has 2 aromatic heterocycles. The summed E-state index contributed by atoms with van der Waals surface area (Å²) in [6.45, 7) is 0.474. The van der Waals surface area contributed by atoms with Gasteiger partial charge in [0.25, 0.3) is 0 Å². The number of aromatic amines is 1. The highest BCUT2D eigenvalue weighted by molar-refractivity contribution is 5.81. The fourth-order valence-corrected chi connectivity index (χ4v) is 2.34. The molecule has 3 rings (SSSR count). The van der Waals surface area contributed by atoms with Gasteiger partial charge in [-0.3, -0.25) is 0 Å². The van der Waals surface area contributed by atoms with E-state index in [2.05, 4.69) is 25.3 Å². The second-order valence-electron chi connectivity index (χ2n) is 4.70. The molecule has 23 heavy (non-hydrogen) atoms. The van der Waals surface area contributed by atoms with Crippen LogP contribution in [0.3, 0.4) is 0 Å². The lowest BCUT2D eigenvalue weighted by Gasteiger charge is -2.15. The van der Waals surface area contributed by atoms with Crippen LogP contribution in [0.5, 0.6) is 17.2 Å². The van der Waals surface area contributed by atoms with Gasteiger partial charge in [0.1, 0.15) is 17.6 Å². The number of anilines is 1. The minimum absolute atomic E-state index is 0.474. The fourth-order valence-electron chi connectivity index (χ4n) is 2.34. The molecule has 8 nitrogen and oxygen atoms in total. The third kappa shape index (κ3) is 2.83. The average molecular weight is 315 g/mol. The van der Waals surface area contributed by atoms with Crippen LogP contribution in [0.1, 0.15) is 5.56 Å². The SMILES string of the molecule is COc1cc(CNc2ncnc3nc[nH]c23)c(OC)c(OC)c1. The zero-order valence-corrected chi connectivity index (χ0v) is 13.1. The molecule has 0 spiro atoms. The van der Waals surface area contributed by atoms with E-state index in [1.54, 1.807) is 33.7 Å². The van der Waals surface area contributed by atoms with Crippen LogP contribution in [-0.2, 0) is 6.54 Å². The van der Waals surface area contributed by atoms with Crippen LogP contribution in [0, 0.1) is 0 Å². The number of nitrogens with zero attached hydrogens (tertiary/aromatic N) is 3. The van der Waals surface area contributed by atoms with Gasteiger partial charge in [-0.1, -0.05) is 0 Å². The summed E-state index contributed by atoms with van der Waals surface area (Å²) in [4.78, 5) is 15.5. The number of nitrogens with one attached hydrogen (secondary N) is 2. The minimum atomic E-state index is 0.474. The van der Waals surface area contributed by atoms with Gasteiger partial charge in [-0.15, -0.1) is 0 Å². The Morgan fingerprint density at radius 2 is 1.91 bits per heavy atom. The molecule has 0 aliphatic rings. The largest absolute Gasteiger partial charge is 0.497 e. The number of hydrogen-bond acceptors (Lipinski definition) is 7. The standard InChI is InChI=1S/C15H17N5O3/c1-21-10-4-9(13(23-3)11(5-10)22-2)6-16-14-12-15(18-7-17-12)20-8-19-14/h4-5,7-8H,6H2,1-3H3,(H2,16,17,18,19,20). The average Bonchev–Trinajstić information content (AvgIpc) is 3.08. The van der Waals surface area contributed by atoms with Crippen molar-refractivity contribution in [3.05, 3.63) is 30.4 Å². The summed E-state index contributed by atoms with van der Waals surface area (Å²) in [5.41, 5.74) is 2.24. The lowest BCUT2D eigenvalue weighted by atomic mass is 10.1. The second-order valence-corrected chi connectivity index (χ2v) is 4.70. The van der Waals surface area contributed by atoms with Gasteiger partial charge >= 0.3 is 0 Å². The Bertz CT molecular complexity index is 818. The molecule has 2 heterocycles. The van der Waals surface area contributed by atoms with Crippen LogP contribution < -0.4 is 19.5 Å². The number of imidazole rings is 1. The zero-order chi connectivity index (χ0) is 16.2. The summed E-state index contributed by atoms with van der Waals surface area (Å²) >= 11 is 0. The van der Waals surface area contributed by atoms with Crippen LogP contribution in [0.25, 0.3) is 11.2 Å². The first kappa shape index (κ1) is 14.9. The van der Waals surface area contributed by atoms with E-state index >= 15 is 0 Å². The number of hydrogen-bond donors (Lipinski definition) is 2. The highest BCUT2D eigenvalue weighted by Crippen LogP contribution is 2.36. The van der Waals surface area contributed by atoms with Gasteiger partial charge in [0.15, 0.2) is 23.0 Å². The van der Waals surface area contributed by atoms with Crippen LogP contribution in [-0.4, -0.2) is 41.3 Å². The predicted octanol–water partition coefficient (Wildman–Crippen LogP) is 1.99. The monoisotopic (exact) mass is 315 g/mol. The van der Waals surface area contributed by atoms with E-state index in [4.69, 9.17) is 14.2 Å². The van der Waals surface area contributed by atoms with E-state index in [0.717, 1.165) is 11.1 Å². The number of methoxy groups -OCH3 is 3. The Balaban J connectivity index is 1.91. The predicted molar refractivity (Wildman–Crippen MR) is 85.1 cm³/mol. The van der Waals surface area contributed by atoms with Gasteiger partial charge in [0, 0.05) is 18.2 Å². The topological polar surface area (TPSA) is 94.2 Å². The molecule has 1 aromatic carbocycles. The van der Waals surface area contributed by atoms with E-state index in [1.165, 1.54) is 6.33 Å². The van der Waals surface area contributed by atoms with Crippen LogP contribution in [0.15, 0.2) is 24.8 Å². The molecule has 8 heteroatoms. The molecule has 0 saturated carbocycles. The summed E-state index contributed by atoms with van der Waals surface area (Å²) in [6, 6.07) is 3.67. The van der Waals surface area contributed by atoms with Gasteiger partial charge in [0.05, 0.1) is 27.7 Å². The number of benzene rings is 1. The van der Waals surface area contributed by atoms with Crippen LogP contribution in [0.4, 0.5) is 5.82 Å². The van der Waals surface area contributed by atoms with Crippen molar-refractivity contribution >= 4 is 17.0 Å². The minimum Gasteiger partial charge on any atom is -0.497 e. The van der Waals surface area contributed by atoms with Crippen LogP contribution >= 0.6 is 0 Å². The molecule has 3 aromatic rings. The Morgan fingerprint density at radius 1 is 1.04 bits per heavy atom. The summed E-state index contributed by atoms with van der Waals surface area (Å²) < 4.78 is 16.1. The maximum atomic E-state index is 5.45. The molecule has 0 unspecified atom stereocenters. The molecule has 0 fully saturated rings. The van der Waals surface area contributed by atoms with Crippen molar-refractivity contribution in [2.45, 2.75) is 6.54 Å². The van der Waals surface area contributed by atoms with Crippen molar-refractivity contribution in [2.75, 3.05) is 26.6 Å². The molecule has 0 aliphatic heterocycles. The first-order chi connectivity index (χ1) is 11.3. The van der Waals surface area contributed by atoms with Gasteiger partial charge in [-0.2, -0.15) is 0 Å². The summed E-state index contributed by atoms with van der Waals surface area (Å²) in [5.74, 6) is 2.61. The molecular weight excluding hydrogens is 298 g/mol. The molecule has 0 amide bonds. The zero-order valence-electron chi connectivity index (χ0n) is 13.1. The summed E-state index contributed by atoms with van der Waals surface area (Å²) in [7, 11) is 4.80. The van der Waals surface area contributed by atoms with Crippen molar-refractivity contribution in [3.8, 4) is 17.2 Å².